The molecule has 150 valence electrons. The van der Waals surface area contributed by atoms with Gasteiger partial charge in [-0.3, -0.25) is 4.79 Å². The van der Waals surface area contributed by atoms with Crippen LogP contribution in [0.5, 0.6) is 0 Å². The first-order valence-corrected chi connectivity index (χ1v) is 10.5. The summed E-state index contributed by atoms with van der Waals surface area (Å²) in [7, 11) is 1.59. The zero-order valence-electron chi connectivity index (χ0n) is 17.5. The lowest BCUT2D eigenvalue weighted by Gasteiger charge is -2.47. The van der Waals surface area contributed by atoms with Crippen molar-refractivity contribution in [1.29, 1.82) is 0 Å². The molecule has 0 aromatic rings. The average molecular weight is 373 g/mol. The van der Waals surface area contributed by atoms with E-state index in [4.69, 9.17) is 4.74 Å². The molecule has 3 heteroatoms. The Bertz CT molecular complexity index is 659. The minimum atomic E-state index is -0.388. The van der Waals surface area contributed by atoms with Crippen LogP contribution in [-0.4, -0.2) is 30.7 Å². The fraction of sp³-hybridized carbons (Fsp3) is 0.708. The van der Waals surface area contributed by atoms with Crippen molar-refractivity contribution in [1.82, 2.24) is 0 Å². The SMILES string of the molecule is C=C1C=CC2(C)CC(C3CCC(C(=O)COC)C3(C)CC(C)O)CCC2=C1. The van der Waals surface area contributed by atoms with E-state index in [1.165, 1.54) is 12.0 Å². The molecule has 0 amide bonds. The maximum atomic E-state index is 12.8. The van der Waals surface area contributed by atoms with E-state index in [1.807, 2.05) is 6.92 Å². The number of carbonyl (C=O) groups excluding carboxylic acids is 1. The van der Waals surface area contributed by atoms with E-state index in [2.05, 4.69) is 38.7 Å². The lowest BCUT2D eigenvalue weighted by molar-refractivity contribution is -0.131. The summed E-state index contributed by atoms with van der Waals surface area (Å²) in [5.41, 5.74) is 2.58. The van der Waals surface area contributed by atoms with Gasteiger partial charge in [0, 0.05) is 18.4 Å². The van der Waals surface area contributed by atoms with Crippen molar-refractivity contribution in [3.05, 3.63) is 36.0 Å². The Balaban J connectivity index is 1.84. The molecule has 0 saturated heterocycles. The van der Waals surface area contributed by atoms with Crippen LogP contribution >= 0.6 is 0 Å². The predicted molar refractivity (Wildman–Crippen MR) is 109 cm³/mol. The largest absolute Gasteiger partial charge is 0.393 e. The van der Waals surface area contributed by atoms with Gasteiger partial charge in [-0.25, -0.2) is 0 Å². The second kappa shape index (κ2) is 7.67. The highest BCUT2D eigenvalue weighted by Gasteiger charge is 2.53. The Kier molecular flexibility index (Phi) is 5.84. The first kappa shape index (κ1) is 20.5. The Morgan fingerprint density at radius 1 is 1.37 bits per heavy atom. The Morgan fingerprint density at radius 3 is 2.78 bits per heavy atom. The molecule has 2 fully saturated rings. The number of ketones is 1. The molecule has 0 bridgehead atoms. The summed E-state index contributed by atoms with van der Waals surface area (Å²) in [5, 5.41) is 10.2. The molecule has 3 nitrogen and oxygen atoms in total. The average Bonchev–Trinajstić information content (AvgIpc) is 2.91. The number of methoxy groups -OCH3 is 1. The van der Waals surface area contributed by atoms with E-state index in [-0.39, 0.29) is 35.2 Å². The topological polar surface area (TPSA) is 46.5 Å². The maximum Gasteiger partial charge on any atom is 0.162 e. The Labute approximate surface area is 164 Å². The third kappa shape index (κ3) is 3.86. The third-order valence-corrected chi connectivity index (χ3v) is 7.62. The molecule has 3 rings (SSSR count). The first-order valence-electron chi connectivity index (χ1n) is 10.5. The van der Waals surface area contributed by atoms with Crippen LogP contribution in [0.3, 0.4) is 0 Å². The van der Waals surface area contributed by atoms with E-state index < -0.39 is 0 Å². The molecule has 6 atom stereocenters. The summed E-state index contributed by atoms with van der Waals surface area (Å²) in [6.07, 6.45) is 12.5. The van der Waals surface area contributed by atoms with Crippen LogP contribution in [0.25, 0.3) is 0 Å². The highest BCUT2D eigenvalue weighted by molar-refractivity contribution is 5.83. The van der Waals surface area contributed by atoms with Gasteiger partial charge in [-0.1, -0.05) is 44.2 Å². The van der Waals surface area contributed by atoms with Crippen LogP contribution in [0, 0.1) is 28.6 Å². The number of aliphatic hydroxyl groups excluding tert-OH is 1. The summed E-state index contributed by atoms with van der Waals surface area (Å²) in [6, 6.07) is 0. The van der Waals surface area contributed by atoms with Gasteiger partial charge in [0.2, 0.25) is 0 Å². The molecule has 0 aromatic carbocycles. The van der Waals surface area contributed by atoms with Crippen molar-refractivity contribution in [2.75, 3.05) is 13.7 Å². The molecule has 0 spiro atoms. The van der Waals surface area contributed by atoms with Gasteiger partial charge in [-0.2, -0.15) is 0 Å². The molecular weight excluding hydrogens is 336 g/mol. The van der Waals surface area contributed by atoms with Crippen molar-refractivity contribution in [2.24, 2.45) is 28.6 Å². The monoisotopic (exact) mass is 372 g/mol. The third-order valence-electron chi connectivity index (χ3n) is 7.62. The highest BCUT2D eigenvalue weighted by atomic mass is 16.5. The minimum absolute atomic E-state index is 0.00321. The number of hydrogen-bond donors (Lipinski definition) is 1. The number of ether oxygens (including phenoxy) is 1. The summed E-state index contributed by atoms with van der Waals surface area (Å²) in [5.74, 6) is 1.28. The van der Waals surface area contributed by atoms with Gasteiger partial charge in [0.25, 0.3) is 0 Å². The van der Waals surface area contributed by atoms with E-state index in [0.717, 1.165) is 31.3 Å². The summed E-state index contributed by atoms with van der Waals surface area (Å²) in [4.78, 5) is 12.8. The van der Waals surface area contributed by atoms with Crippen LogP contribution in [0.2, 0.25) is 0 Å². The zero-order chi connectivity index (χ0) is 19.8. The molecule has 0 heterocycles. The van der Waals surface area contributed by atoms with E-state index in [0.29, 0.717) is 18.3 Å². The number of fused-ring (bicyclic) bond motifs is 1. The number of rotatable bonds is 6. The molecule has 0 aliphatic heterocycles. The Hall–Kier alpha value is -1.19. The molecule has 1 N–H and O–H groups in total. The number of allylic oxidation sites excluding steroid dienone is 5. The maximum absolute atomic E-state index is 12.8. The number of carbonyl (C=O) groups is 1. The normalized spacial score (nSPS) is 39.8. The lowest BCUT2D eigenvalue weighted by atomic mass is 9.57. The second-order valence-corrected chi connectivity index (χ2v) is 9.69. The van der Waals surface area contributed by atoms with Gasteiger partial charge in [-0.15, -0.1) is 0 Å². The lowest BCUT2D eigenvalue weighted by Crippen LogP contribution is -2.42. The van der Waals surface area contributed by atoms with Crippen LogP contribution in [0.1, 0.15) is 59.3 Å². The zero-order valence-corrected chi connectivity index (χ0v) is 17.5. The fourth-order valence-electron chi connectivity index (χ4n) is 6.46. The molecule has 3 aliphatic carbocycles. The Morgan fingerprint density at radius 2 is 2.11 bits per heavy atom. The van der Waals surface area contributed by atoms with Gasteiger partial charge in [0.05, 0.1) is 6.10 Å². The van der Waals surface area contributed by atoms with Gasteiger partial charge in [0.1, 0.15) is 6.61 Å². The first-order chi connectivity index (χ1) is 12.7. The quantitative estimate of drug-likeness (QED) is 0.724. The summed E-state index contributed by atoms with van der Waals surface area (Å²) >= 11 is 0. The van der Waals surface area contributed by atoms with Crippen molar-refractivity contribution >= 4 is 5.78 Å². The second-order valence-electron chi connectivity index (χ2n) is 9.69. The van der Waals surface area contributed by atoms with Gasteiger partial charge < -0.3 is 9.84 Å². The molecular formula is C24H36O3. The molecule has 3 aliphatic rings. The van der Waals surface area contributed by atoms with Crippen molar-refractivity contribution < 1.29 is 14.6 Å². The van der Waals surface area contributed by atoms with Gasteiger partial charge in [-0.05, 0) is 68.3 Å². The van der Waals surface area contributed by atoms with Crippen LogP contribution in [0.4, 0.5) is 0 Å². The summed E-state index contributed by atoms with van der Waals surface area (Å²) < 4.78 is 5.15. The van der Waals surface area contributed by atoms with Crippen molar-refractivity contribution in [2.45, 2.75) is 65.4 Å². The van der Waals surface area contributed by atoms with Gasteiger partial charge >= 0.3 is 0 Å². The van der Waals surface area contributed by atoms with E-state index in [1.54, 1.807) is 7.11 Å². The van der Waals surface area contributed by atoms with E-state index >= 15 is 0 Å². The van der Waals surface area contributed by atoms with Crippen molar-refractivity contribution in [3.63, 3.8) is 0 Å². The molecule has 0 radical (unpaired) electrons. The molecule has 2 saturated carbocycles. The predicted octanol–water partition coefficient (Wildman–Crippen LogP) is 4.86. The smallest absolute Gasteiger partial charge is 0.162 e. The van der Waals surface area contributed by atoms with Crippen LogP contribution < -0.4 is 0 Å². The van der Waals surface area contributed by atoms with Crippen LogP contribution in [0.15, 0.2) is 36.0 Å². The van der Waals surface area contributed by atoms with E-state index in [9.17, 15) is 9.90 Å². The van der Waals surface area contributed by atoms with Gasteiger partial charge in [0.15, 0.2) is 5.78 Å². The summed E-state index contributed by atoms with van der Waals surface area (Å²) in [6.45, 7) is 10.7. The minimum Gasteiger partial charge on any atom is -0.393 e. The fourth-order valence-corrected chi connectivity index (χ4v) is 6.46. The number of aliphatic hydroxyl groups is 1. The standard InChI is InChI=1S/C24H36O3/c1-16-10-11-23(3)14-18(6-7-19(23)12-16)20-8-9-21(22(26)15-27-5)24(20,4)13-17(2)25/h10-12,17-18,20-21,25H,1,6-9,13-15H2,2-5H3. The molecule has 27 heavy (non-hydrogen) atoms. The number of hydrogen-bond acceptors (Lipinski definition) is 3. The number of Topliss-reactive ketones (excluding diaryl/α,β-unsaturated/α-hetero) is 1. The van der Waals surface area contributed by atoms with Crippen LogP contribution in [-0.2, 0) is 9.53 Å². The highest BCUT2D eigenvalue weighted by Crippen LogP contribution is 2.59. The molecule has 0 aromatic heterocycles. The van der Waals surface area contributed by atoms with Crippen molar-refractivity contribution in [3.8, 4) is 0 Å². The molecule has 6 unspecified atom stereocenters.